The molecule has 0 bridgehead atoms. The lowest BCUT2D eigenvalue weighted by Crippen LogP contribution is -2.56. The predicted octanol–water partition coefficient (Wildman–Crippen LogP) is 1.71. The van der Waals surface area contributed by atoms with E-state index in [2.05, 4.69) is 27.4 Å². The number of guanidine groups is 1. The third-order valence-corrected chi connectivity index (χ3v) is 5.90. The molecule has 1 aromatic rings. The fourth-order valence-electron chi connectivity index (χ4n) is 4.29. The Morgan fingerprint density at radius 1 is 1.21 bits per heavy atom. The zero-order valence-electron chi connectivity index (χ0n) is 17.1. The van der Waals surface area contributed by atoms with Crippen molar-refractivity contribution in [2.45, 2.75) is 50.7 Å². The Bertz CT molecular complexity index is 598. The summed E-state index contributed by atoms with van der Waals surface area (Å²) in [5.74, 6) is 0.772. The molecule has 3 rings (SSSR count). The van der Waals surface area contributed by atoms with Gasteiger partial charge in [0.05, 0.1) is 25.9 Å². The van der Waals surface area contributed by atoms with Gasteiger partial charge in [-0.15, -0.1) is 0 Å². The van der Waals surface area contributed by atoms with Crippen molar-refractivity contribution in [3.05, 3.63) is 30.1 Å². The monoisotopic (exact) mass is 389 g/mol. The molecule has 1 aromatic heterocycles. The second-order valence-electron chi connectivity index (χ2n) is 7.76. The average Bonchev–Trinajstić information content (AvgIpc) is 2.77. The summed E-state index contributed by atoms with van der Waals surface area (Å²) in [6.07, 6.45) is 9.10. The number of ether oxygens (including phenoxy) is 1. The minimum atomic E-state index is -0.588. The zero-order chi connectivity index (χ0) is 19.7. The topological polar surface area (TPSA) is 82.0 Å². The van der Waals surface area contributed by atoms with Crippen LogP contribution in [-0.4, -0.2) is 72.4 Å². The highest BCUT2D eigenvalue weighted by Gasteiger charge is 2.38. The van der Waals surface area contributed by atoms with Gasteiger partial charge in [-0.2, -0.15) is 0 Å². The van der Waals surface area contributed by atoms with E-state index in [1.807, 2.05) is 12.1 Å². The molecule has 1 atom stereocenters. The molecule has 0 aromatic carbocycles. The zero-order valence-corrected chi connectivity index (χ0v) is 17.1. The first-order chi connectivity index (χ1) is 13.7. The number of nitrogens with zero attached hydrogens (tertiary/aromatic N) is 3. The van der Waals surface area contributed by atoms with Gasteiger partial charge in [-0.3, -0.25) is 14.9 Å². The highest BCUT2D eigenvalue weighted by Crippen LogP contribution is 2.34. The third kappa shape index (κ3) is 5.65. The first kappa shape index (κ1) is 21.0. The molecule has 1 unspecified atom stereocenters. The van der Waals surface area contributed by atoms with E-state index < -0.39 is 6.10 Å². The van der Waals surface area contributed by atoms with Crippen LogP contribution < -0.4 is 10.6 Å². The van der Waals surface area contributed by atoms with Gasteiger partial charge in [0.1, 0.15) is 0 Å². The van der Waals surface area contributed by atoms with Crippen molar-refractivity contribution >= 4 is 5.96 Å². The van der Waals surface area contributed by atoms with E-state index in [0.29, 0.717) is 6.54 Å². The Morgan fingerprint density at radius 3 is 2.61 bits per heavy atom. The van der Waals surface area contributed by atoms with Crippen LogP contribution in [0.5, 0.6) is 0 Å². The molecule has 2 aliphatic rings. The number of aromatic nitrogens is 1. The summed E-state index contributed by atoms with van der Waals surface area (Å²) in [4.78, 5) is 11.5. The molecule has 1 aliphatic heterocycles. The maximum absolute atomic E-state index is 10.4. The first-order valence-electron chi connectivity index (χ1n) is 10.7. The van der Waals surface area contributed by atoms with E-state index >= 15 is 0 Å². The van der Waals surface area contributed by atoms with Gasteiger partial charge in [-0.1, -0.05) is 19.3 Å². The molecule has 2 heterocycles. The van der Waals surface area contributed by atoms with Crippen LogP contribution in [0.3, 0.4) is 0 Å². The van der Waals surface area contributed by atoms with Crippen LogP contribution in [0.4, 0.5) is 0 Å². The third-order valence-electron chi connectivity index (χ3n) is 5.90. The smallest absolute Gasteiger partial charge is 0.191 e. The van der Waals surface area contributed by atoms with E-state index in [1.165, 1.54) is 32.1 Å². The van der Waals surface area contributed by atoms with Crippen LogP contribution in [0.2, 0.25) is 0 Å². The molecule has 28 heavy (non-hydrogen) atoms. The van der Waals surface area contributed by atoms with Gasteiger partial charge in [0, 0.05) is 44.1 Å². The highest BCUT2D eigenvalue weighted by molar-refractivity contribution is 5.79. The number of rotatable bonds is 7. The van der Waals surface area contributed by atoms with Gasteiger partial charge in [-0.05, 0) is 37.5 Å². The van der Waals surface area contributed by atoms with Crippen molar-refractivity contribution in [1.82, 2.24) is 20.5 Å². The predicted molar refractivity (Wildman–Crippen MR) is 111 cm³/mol. The highest BCUT2D eigenvalue weighted by atomic mass is 16.5. The van der Waals surface area contributed by atoms with Gasteiger partial charge >= 0.3 is 0 Å². The number of hydrogen-bond acceptors (Lipinski definition) is 5. The van der Waals surface area contributed by atoms with Crippen LogP contribution in [0, 0.1) is 0 Å². The number of aliphatic imine (C=N–C) groups is 1. The Kier molecular flexibility index (Phi) is 8.06. The number of aliphatic hydroxyl groups excluding tert-OH is 1. The lowest BCUT2D eigenvalue weighted by molar-refractivity contribution is -0.0333. The molecular weight excluding hydrogens is 354 g/mol. The molecule has 156 valence electrons. The number of pyridine rings is 1. The molecule has 7 nitrogen and oxygen atoms in total. The lowest BCUT2D eigenvalue weighted by Gasteiger charge is -2.47. The largest absolute Gasteiger partial charge is 0.387 e. The van der Waals surface area contributed by atoms with E-state index in [1.54, 1.807) is 12.4 Å². The summed E-state index contributed by atoms with van der Waals surface area (Å²) in [6, 6.07) is 3.68. The average molecular weight is 390 g/mol. The maximum Gasteiger partial charge on any atom is 0.191 e. The Labute approximate surface area is 168 Å². The second kappa shape index (κ2) is 10.7. The van der Waals surface area contributed by atoms with Crippen molar-refractivity contribution in [2.75, 3.05) is 45.9 Å². The van der Waals surface area contributed by atoms with Crippen molar-refractivity contribution in [3.8, 4) is 0 Å². The van der Waals surface area contributed by atoms with Crippen LogP contribution >= 0.6 is 0 Å². The summed E-state index contributed by atoms with van der Waals surface area (Å²) >= 11 is 0. The van der Waals surface area contributed by atoms with Crippen LogP contribution in [0.15, 0.2) is 29.5 Å². The SMILES string of the molecule is CCNC(=NCC1(N2CCOCC2)CCCCC1)NCC(O)c1ccncc1. The molecule has 1 saturated heterocycles. The number of nitrogens with one attached hydrogen (secondary N) is 2. The summed E-state index contributed by atoms with van der Waals surface area (Å²) in [6.45, 7) is 7.70. The molecule has 1 aliphatic carbocycles. The van der Waals surface area contributed by atoms with Crippen LogP contribution in [-0.2, 0) is 4.74 Å². The molecule has 0 amide bonds. The summed E-state index contributed by atoms with van der Waals surface area (Å²) < 4.78 is 5.57. The molecule has 2 fully saturated rings. The quantitative estimate of drug-likeness (QED) is 0.486. The van der Waals surface area contributed by atoms with E-state index in [9.17, 15) is 5.11 Å². The minimum Gasteiger partial charge on any atom is -0.387 e. The maximum atomic E-state index is 10.4. The molecule has 1 saturated carbocycles. The Morgan fingerprint density at radius 2 is 1.93 bits per heavy atom. The van der Waals surface area contributed by atoms with E-state index in [-0.39, 0.29) is 5.54 Å². The van der Waals surface area contributed by atoms with Crippen molar-refractivity contribution in [1.29, 1.82) is 0 Å². The number of morpholine rings is 1. The van der Waals surface area contributed by atoms with Gasteiger partial charge in [0.15, 0.2) is 5.96 Å². The Balaban J connectivity index is 1.64. The molecule has 0 radical (unpaired) electrons. The van der Waals surface area contributed by atoms with Crippen molar-refractivity contribution in [3.63, 3.8) is 0 Å². The first-order valence-corrected chi connectivity index (χ1v) is 10.7. The van der Waals surface area contributed by atoms with E-state index in [4.69, 9.17) is 9.73 Å². The fourth-order valence-corrected chi connectivity index (χ4v) is 4.29. The van der Waals surface area contributed by atoms with Crippen molar-refractivity contribution < 1.29 is 9.84 Å². The lowest BCUT2D eigenvalue weighted by atomic mass is 9.80. The van der Waals surface area contributed by atoms with Crippen LogP contribution in [0.25, 0.3) is 0 Å². The molecule has 7 heteroatoms. The van der Waals surface area contributed by atoms with Gasteiger partial charge in [0.2, 0.25) is 0 Å². The molecular formula is C21H35N5O2. The van der Waals surface area contributed by atoms with Crippen molar-refractivity contribution in [2.24, 2.45) is 4.99 Å². The standard InChI is InChI=1S/C21H35N5O2/c1-2-23-20(24-16-19(27)18-6-10-22-11-7-18)25-17-21(8-4-3-5-9-21)26-12-14-28-15-13-26/h6-7,10-11,19,27H,2-5,8-9,12-17H2,1H3,(H2,23,24,25). The summed E-state index contributed by atoms with van der Waals surface area (Å²) in [7, 11) is 0. The second-order valence-corrected chi connectivity index (χ2v) is 7.76. The number of aliphatic hydroxyl groups is 1. The number of hydrogen-bond donors (Lipinski definition) is 3. The summed E-state index contributed by atoms with van der Waals surface area (Å²) in [5, 5.41) is 17.0. The fraction of sp³-hybridized carbons (Fsp3) is 0.714. The van der Waals surface area contributed by atoms with Gasteiger partial charge < -0.3 is 20.5 Å². The molecule has 0 spiro atoms. The van der Waals surface area contributed by atoms with Gasteiger partial charge in [-0.25, -0.2) is 0 Å². The Hall–Kier alpha value is -1.70. The molecule has 3 N–H and O–H groups in total. The summed E-state index contributed by atoms with van der Waals surface area (Å²) in [5.41, 5.74) is 1.00. The van der Waals surface area contributed by atoms with Gasteiger partial charge in [0.25, 0.3) is 0 Å². The van der Waals surface area contributed by atoms with Crippen LogP contribution in [0.1, 0.15) is 50.7 Å². The minimum absolute atomic E-state index is 0.147. The normalized spacial score (nSPS) is 21.9. The van der Waals surface area contributed by atoms with E-state index in [0.717, 1.165) is 50.9 Å².